The minimum atomic E-state index is -0.412. The van der Waals surface area contributed by atoms with Crippen LogP contribution < -0.4 is 0 Å². The molecule has 2 aliphatic rings. The molecule has 0 spiro atoms. The van der Waals surface area contributed by atoms with Crippen LogP contribution >= 0.6 is 0 Å². The highest BCUT2D eigenvalue weighted by molar-refractivity contribution is 5.87. The van der Waals surface area contributed by atoms with Crippen LogP contribution in [0.3, 0.4) is 0 Å². The monoisotopic (exact) mass is 360 g/mol. The number of hydrogen-bond acceptors (Lipinski definition) is 3. The van der Waals surface area contributed by atoms with Gasteiger partial charge in [-0.15, -0.1) is 0 Å². The lowest BCUT2D eigenvalue weighted by molar-refractivity contribution is -0.161. The van der Waals surface area contributed by atoms with E-state index in [1.165, 1.54) is 0 Å². The lowest BCUT2D eigenvalue weighted by Crippen LogP contribution is -2.61. The number of amides is 2. The fourth-order valence-corrected chi connectivity index (χ4v) is 4.74. The molecule has 5 heteroatoms. The molecule has 1 saturated heterocycles. The van der Waals surface area contributed by atoms with Crippen molar-refractivity contribution in [3.63, 3.8) is 0 Å². The molecule has 1 aliphatic heterocycles. The zero-order valence-corrected chi connectivity index (χ0v) is 16.4. The Morgan fingerprint density at radius 3 is 2.88 bits per heavy atom. The van der Waals surface area contributed by atoms with Gasteiger partial charge >= 0.3 is 0 Å². The van der Waals surface area contributed by atoms with E-state index in [9.17, 15) is 9.59 Å². The van der Waals surface area contributed by atoms with Gasteiger partial charge in [-0.2, -0.15) is 0 Å². The minimum absolute atomic E-state index is 0.0581. The van der Waals surface area contributed by atoms with E-state index in [-0.39, 0.29) is 17.9 Å². The van der Waals surface area contributed by atoms with Gasteiger partial charge in [0.05, 0.1) is 18.2 Å². The molecule has 5 nitrogen and oxygen atoms in total. The molecule has 1 saturated carbocycles. The van der Waals surface area contributed by atoms with Crippen molar-refractivity contribution in [3.05, 3.63) is 24.2 Å². The Balaban J connectivity index is 1.81. The van der Waals surface area contributed by atoms with E-state index in [4.69, 9.17) is 4.42 Å². The number of rotatable bonds is 6. The maximum absolute atomic E-state index is 13.5. The summed E-state index contributed by atoms with van der Waals surface area (Å²) in [5.74, 6) is 1.77. The van der Waals surface area contributed by atoms with Crippen molar-refractivity contribution in [3.8, 4) is 0 Å². The van der Waals surface area contributed by atoms with Crippen molar-refractivity contribution in [2.24, 2.45) is 11.3 Å². The molecule has 0 radical (unpaired) electrons. The van der Waals surface area contributed by atoms with Crippen LogP contribution in [0.2, 0.25) is 0 Å². The standard InChI is InChI=1S/C21H32N2O3/c1-16(2)10-13-23-18-8-4-5-11-21(18,12-9-19(23)24)20(25)22(3)15-17-7-6-14-26-17/h6-7,14,16,18H,4-5,8-13,15H2,1-3H3/t18-,21-/m1/s1. The Kier molecular flexibility index (Phi) is 5.73. The number of carbonyl (C=O) groups excluding carboxylic acids is 2. The number of carbonyl (C=O) groups is 2. The van der Waals surface area contributed by atoms with Gasteiger partial charge < -0.3 is 14.2 Å². The minimum Gasteiger partial charge on any atom is -0.467 e. The fraction of sp³-hybridized carbons (Fsp3) is 0.714. The summed E-state index contributed by atoms with van der Waals surface area (Å²) >= 11 is 0. The van der Waals surface area contributed by atoms with Crippen molar-refractivity contribution in [1.82, 2.24) is 9.80 Å². The number of piperidine rings is 1. The van der Waals surface area contributed by atoms with Crippen LogP contribution in [0.15, 0.2) is 22.8 Å². The molecule has 144 valence electrons. The third-order valence-corrected chi connectivity index (χ3v) is 6.16. The number of nitrogens with zero attached hydrogens (tertiary/aromatic N) is 2. The van der Waals surface area contributed by atoms with Crippen LogP contribution in [0.1, 0.15) is 64.6 Å². The fourth-order valence-electron chi connectivity index (χ4n) is 4.74. The van der Waals surface area contributed by atoms with Crippen molar-refractivity contribution in [1.29, 1.82) is 0 Å². The molecule has 0 unspecified atom stereocenters. The third-order valence-electron chi connectivity index (χ3n) is 6.16. The summed E-state index contributed by atoms with van der Waals surface area (Å²) in [4.78, 5) is 30.0. The lowest BCUT2D eigenvalue weighted by Gasteiger charge is -2.52. The van der Waals surface area contributed by atoms with Gasteiger partial charge in [-0.3, -0.25) is 9.59 Å². The molecule has 26 heavy (non-hydrogen) atoms. The van der Waals surface area contributed by atoms with Crippen molar-refractivity contribution in [2.75, 3.05) is 13.6 Å². The number of hydrogen-bond donors (Lipinski definition) is 0. The van der Waals surface area contributed by atoms with E-state index >= 15 is 0 Å². The molecule has 2 atom stereocenters. The molecule has 2 fully saturated rings. The second-order valence-corrected chi connectivity index (χ2v) is 8.43. The van der Waals surface area contributed by atoms with E-state index in [0.717, 1.165) is 44.4 Å². The van der Waals surface area contributed by atoms with Crippen LogP contribution in [-0.2, 0) is 16.1 Å². The van der Waals surface area contributed by atoms with Crippen molar-refractivity contribution in [2.45, 2.75) is 71.4 Å². The third kappa shape index (κ3) is 3.67. The summed E-state index contributed by atoms with van der Waals surface area (Å²) in [7, 11) is 1.86. The molecule has 1 aromatic heterocycles. The summed E-state index contributed by atoms with van der Waals surface area (Å²) in [5.41, 5.74) is -0.412. The van der Waals surface area contributed by atoms with Crippen LogP contribution in [0.5, 0.6) is 0 Å². The molecule has 0 N–H and O–H groups in total. The molecule has 0 bridgehead atoms. The van der Waals surface area contributed by atoms with Gasteiger partial charge in [0.15, 0.2) is 0 Å². The van der Waals surface area contributed by atoms with E-state index in [1.54, 1.807) is 11.2 Å². The molecule has 0 aromatic carbocycles. The Bertz CT molecular complexity index is 625. The molecular formula is C21H32N2O3. The Morgan fingerprint density at radius 2 is 2.19 bits per heavy atom. The summed E-state index contributed by atoms with van der Waals surface area (Å²) in [6.07, 6.45) is 7.84. The highest BCUT2D eigenvalue weighted by Crippen LogP contribution is 2.47. The first-order valence-corrected chi connectivity index (χ1v) is 10.0. The lowest BCUT2D eigenvalue weighted by atomic mass is 9.64. The predicted molar refractivity (Wildman–Crippen MR) is 100 cm³/mol. The number of likely N-dealkylation sites (tertiary alicyclic amines) is 1. The van der Waals surface area contributed by atoms with Crippen LogP contribution in [-0.4, -0.2) is 41.2 Å². The molecule has 2 amide bonds. The second kappa shape index (κ2) is 7.85. The van der Waals surface area contributed by atoms with Gasteiger partial charge in [0.1, 0.15) is 5.76 Å². The Labute approximate surface area is 156 Å². The van der Waals surface area contributed by atoms with Gasteiger partial charge in [0.25, 0.3) is 0 Å². The Hall–Kier alpha value is -1.78. The average Bonchev–Trinajstić information content (AvgIpc) is 3.13. The first kappa shape index (κ1) is 19.0. The number of furan rings is 1. The summed E-state index contributed by atoms with van der Waals surface area (Å²) in [5, 5.41) is 0. The largest absolute Gasteiger partial charge is 0.467 e. The molecule has 1 aliphatic carbocycles. The van der Waals surface area contributed by atoms with Gasteiger partial charge in [-0.05, 0) is 43.7 Å². The highest BCUT2D eigenvalue weighted by Gasteiger charge is 2.53. The normalized spacial score (nSPS) is 26.1. The van der Waals surface area contributed by atoms with Gasteiger partial charge in [0.2, 0.25) is 11.8 Å². The summed E-state index contributed by atoms with van der Waals surface area (Å²) in [6.45, 7) is 5.63. The van der Waals surface area contributed by atoms with E-state index in [1.807, 2.05) is 24.1 Å². The molecule has 2 heterocycles. The summed E-state index contributed by atoms with van der Waals surface area (Å²) in [6, 6.07) is 3.81. The van der Waals surface area contributed by atoms with Crippen LogP contribution in [0.25, 0.3) is 0 Å². The zero-order valence-electron chi connectivity index (χ0n) is 16.4. The smallest absolute Gasteiger partial charge is 0.231 e. The molecular weight excluding hydrogens is 328 g/mol. The number of fused-ring (bicyclic) bond motifs is 1. The highest BCUT2D eigenvalue weighted by atomic mass is 16.3. The van der Waals surface area contributed by atoms with Gasteiger partial charge in [0, 0.05) is 26.1 Å². The molecule has 3 rings (SSSR count). The predicted octanol–water partition coefficient (Wildman–Crippen LogP) is 3.84. The quantitative estimate of drug-likeness (QED) is 0.774. The van der Waals surface area contributed by atoms with E-state index < -0.39 is 5.41 Å². The maximum atomic E-state index is 13.5. The Morgan fingerprint density at radius 1 is 1.38 bits per heavy atom. The van der Waals surface area contributed by atoms with Crippen LogP contribution in [0.4, 0.5) is 0 Å². The van der Waals surface area contributed by atoms with Gasteiger partial charge in [-0.25, -0.2) is 0 Å². The first-order valence-electron chi connectivity index (χ1n) is 10.0. The molecule has 1 aromatic rings. The van der Waals surface area contributed by atoms with Crippen molar-refractivity contribution >= 4 is 11.8 Å². The average molecular weight is 360 g/mol. The second-order valence-electron chi connectivity index (χ2n) is 8.43. The van der Waals surface area contributed by atoms with E-state index in [2.05, 4.69) is 13.8 Å². The van der Waals surface area contributed by atoms with Crippen LogP contribution in [0, 0.1) is 11.3 Å². The SMILES string of the molecule is CC(C)CCN1C(=O)CC[C@]2(C(=O)N(C)Cc3ccco3)CCCC[C@@H]12. The van der Waals surface area contributed by atoms with E-state index in [0.29, 0.717) is 25.3 Å². The first-order chi connectivity index (χ1) is 12.4. The maximum Gasteiger partial charge on any atom is 0.231 e. The van der Waals surface area contributed by atoms with Crippen molar-refractivity contribution < 1.29 is 14.0 Å². The zero-order chi connectivity index (χ0) is 18.7. The topological polar surface area (TPSA) is 53.8 Å². The van der Waals surface area contributed by atoms with Gasteiger partial charge in [-0.1, -0.05) is 26.7 Å². The summed E-state index contributed by atoms with van der Waals surface area (Å²) < 4.78 is 5.42.